The second-order valence-electron chi connectivity index (χ2n) is 7.36. The van der Waals surface area contributed by atoms with Gasteiger partial charge in [-0.3, -0.25) is 9.20 Å². The molecule has 1 fully saturated rings. The number of pyridine rings is 1. The number of fused-ring (bicyclic) bond motifs is 1. The summed E-state index contributed by atoms with van der Waals surface area (Å²) < 4.78 is 2.06. The largest absolute Gasteiger partial charge is 0.339 e. The molecule has 3 heterocycles. The van der Waals surface area contributed by atoms with Crippen molar-refractivity contribution in [1.29, 1.82) is 0 Å². The maximum absolute atomic E-state index is 12.6. The molecule has 4 heteroatoms. The van der Waals surface area contributed by atoms with Crippen LogP contribution in [0, 0.1) is 13.8 Å². The highest BCUT2D eigenvalue weighted by atomic mass is 16.2. The lowest BCUT2D eigenvalue weighted by atomic mass is 10.1. The Bertz CT molecular complexity index is 992. The predicted molar refractivity (Wildman–Crippen MR) is 110 cm³/mol. The van der Waals surface area contributed by atoms with Crippen molar-refractivity contribution < 1.29 is 4.79 Å². The molecule has 1 aromatic carbocycles. The number of rotatable bonds is 3. The van der Waals surface area contributed by atoms with E-state index in [0.29, 0.717) is 0 Å². The van der Waals surface area contributed by atoms with Gasteiger partial charge in [-0.2, -0.15) is 0 Å². The highest BCUT2D eigenvalue weighted by Crippen LogP contribution is 2.26. The zero-order valence-electron chi connectivity index (χ0n) is 16.0. The number of hydrogen-bond donors (Lipinski definition) is 0. The fourth-order valence-electron chi connectivity index (χ4n) is 3.62. The number of benzene rings is 1. The molecular weight excluding hydrogens is 334 g/mol. The lowest BCUT2D eigenvalue weighted by Crippen LogP contribution is -2.34. The van der Waals surface area contributed by atoms with Gasteiger partial charge in [-0.05, 0) is 56.9 Å². The number of nitrogens with zero attached hydrogens (tertiary/aromatic N) is 3. The number of hydrogen-bond acceptors (Lipinski definition) is 2. The zero-order valence-corrected chi connectivity index (χ0v) is 16.0. The van der Waals surface area contributed by atoms with Crippen LogP contribution in [0.4, 0.5) is 0 Å². The van der Waals surface area contributed by atoms with Crippen molar-refractivity contribution in [1.82, 2.24) is 14.3 Å². The Morgan fingerprint density at radius 3 is 2.48 bits per heavy atom. The van der Waals surface area contributed by atoms with Gasteiger partial charge >= 0.3 is 0 Å². The Balaban J connectivity index is 1.75. The minimum absolute atomic E-state index is 0.0895. The Hall–Kier alpha value is -2.88. The summed E-state index contributed by atoms with van der Waals surface area (Å²) in [5, 5.41) is 0. The Kier molecular flexibility index (Phi) is 4.80. The van der Waals surface area contributed by atoms with Crippen LogP contribution in [0.2, 0.25) is 0 Å². The van der Waals surface area contributed by atoms with Crippen molar-refractivity contribution in [3.8, 4) is 11.3 Å². The summed E-state index contributed by atoms with van der Waals surface area (Å²) in [6, 6.07) is 12.5. The van der Waals surface area contributed by atoms with Gasteiger partial charge in [-0.1, -0.05) is 29.8 Å². The molecule has 0 bridgehead atoms. The quantitative estimate of drug-likeness (QED) is 0.639. The zero-order chi connectivity index (χ0) is 18.8. The number of aryl methyl sites for hydroxylation is 2. The monoisotopic (exact) mass is 359 g/mol. The van der Waals surface area contributed by atoms with Gasteiger partial charge in [0, 0.05) is 30.9 Å². The van der Waals surface area contributed by atoms with E-state index in [-0.39, 0.29) is 5.91 Å². The van der Waals surface area contributed by atoms with Crippen molar-refractivity contribution >= 4 is 17.6 Å². The highest BCUT2D eigenvalue weighted by Gasteiger charge is 2.16. The summed E-state index contributed by atoms with van der Waals surface area (Å²) in [6.45, 7) is 5.87. The Labute approximate surface area is 160 Å². The second kappa shape index (κ2) is 7.39. The van der Waals surface area contributed by atoms with Gasteiger partial charge in [0.25, 0.3) is 0 Å². The minimum Gasteiger partial charge on any atom is -0.339 e. The summed E-state index contributed by atoms with van der Waals surface area (Å²) in [7, 11) is 0. The first-order valence-corrected chi connectivity index (χ1v) is 9.64. The molecule has 0 spiro atoms. The molecule has 3 aromatic rings. The third kappa shape index (κ3) is 3.65. The second-order valence-corrected chi connectivity index (χ2v) is 7.36. The number of aromatic nitrogens is 2. The van der Waals surface area contributed by atoms with Gasteiger partial charge in [-0.25, -0.2) is 4.98 Å². The van der Waals surface area contributed by atoms with Crippen LogP contribution in [-0.4, -0.2) is 33.3 Å². The highest BCUT2D eigenvalue weighted by molar-refractivity contribution is 5.93. The summed E-state index contributed by atoms with van der Waals surface area (Å²) in [4.78, 5) is 19.4. The number of imidazole rings is 1. The SMILES string of the molecule is Cc1ccc(-c2nc3cc(C)ccn3c2/C=C/C(=O)N2CCCCC2)cc1. The molecule has 0 saturated carbocycles. The average Bonchev–Trinajstić information content (AvgIpc) is 3.04. The van der Waals surface area contributed by atoms with Crippen LogP contribution in [0.5, 0.6) is 0 Å². The maximum atomic E-state index is 12.6. The van der Waals surface area contributed by atoms with E-state index in [1.807, 2.05) is 17.2 Å². The smallest absolute Gasteiger partial charge is 0.246 e. The van der Waals surface area contributed by atoms with Crippen LogP contribution < -0.4 is 0 Å². The van der Waals surface area contributed by atoms with E-state index >= 15 is 0 Å². The molecule has 4 rings (SSSR count). The predicted octanol–water partition coefficient (Wildman–Crippen LogP) is 4.64. The number of piperidine rings is 1. The molecule has 138 valence electrons. The molecule has 2 aromatic heterocycles. The third-order valence-electron chi connectivity index (χ3n) is 5.20. The van der Waals surface area contributed by atoms with Crippen LogP contribution in [0.15, 0.2) is 48.7 Å². The van der Waals surface area contributed by atoms with Gasteiger partial charge in [0.05, 0.1) is 11.4 Å². The van der Waals surface area contributed by atoms with E-state index in [4.69, 9.17) is 4.98 Å². The molecule has 1 aliphatic rings. The van der Waals surface area contributed by atoms with Crippen LogP contribution in [0.3, 0.4) is 0 Å². The van der Waals surface area contributed by atoms with Crippen LogP contribution in [-0.2, 0) is 4.79 Å². The lowest BCUT2D eigenvalue weighted by Gasteiger charge is -2.25. The number of likely N-dealkylation sites (tertiary alicyclic amines) is 1. The van der Waals surface area contributed by atoms with Crippen molar-refractivity contribution in [2.45, 2.75) is 33.1 Å². The van der Waals surface area contributed by atoms with E-state index in [1.165, 1.54) is 17.5 Å². The molecule has 0 atom stereocenters. The van der Waals surface area contributed by atoms with Gasteiger partial charge in [0.15, 0.2) is 0 Å². The van der Waals surface area contributed by atoms with Crippen molar-refractivity contribution in [3.05, 3.63) is 65.5 Å². The van der Waals surface area contributed by atoms with E-state index in [9.17, 15) is 4.79 Å². The summed E-state index contributed by atoms with van der Waals surface area (Å²) in [5.74, 6) is 0.0895. The van der Waals surface area contributed by atoms with E-state index in [1.54, 1.807) is 6.08 Å². The van der Waals surface area contributed by atoms with Gasteiger partial charge in [0.1, 0.15) is 5.65 Å². The topological polar surface area (TPSA) is 37.6 Å². The van der Waals surface area contributed by atoms with Crippen molar-refractivity contribution in [2.24, 2.45) is 0 Å². The molecule has 1 saturated heterocycles. The lowest BCUT2D eigenvalue weighted by molar-refractivity contribution is -0.126. The van der Waals surface area contributed by atoms with Crippen LogP contribution in [0.1, 0.15) is 36.1 Å². The van der Waals surface area contributed by atoms with Gasteiger partial charge in [0.2, 0.25) is 5.91 Å². The molecule has 0 radical (unpaired) electrons. The first-order chi connectivity index (χ1) is 13.1. The van der Waals surface area contributed by atoms with E-state index in [0.717, 1.165) is 48.5 Å². The molecule has 27 heavy (non-hydrogen) atoms. The third-order valence-corrected chi connectivity index (χ3v) is 5.20. The minimum atomic E-state index is 0.0895. The fraction of sp³-hybridized carbons (Fsp3) is 0.304. The number of carbonyl (C=O) groups excluding carboxylic acids is 1. The van der Waals surface area contributed by atoms with Crippen LogP contribution >= 0.6 is 0 Å². The summed E-state index contributed by atoms with van der Waals surface area (Å²) in [6.07, 6.45) is 9.07. The fourth-order valence-corrected chi connectivity index (χ4v) is 3.62. The van der Waals surface area contributed by atoms with Crippen LogP contribution in [0.25, 0.3) is 23.0 Å². The number of amides is 1. The Morgan fingerprint density at radius 1 is 1.00 bits per heavy atom. The maximum Gasteiger partial charge on any atom is 0.246 e. The van der Waals surface area contributed by atoms with Gasteiger partial charge < -0.3 is 4.90 Å². The van der Waals surface area contributed by atoms with E-state index in [2.05, 4.69) is 54.6 Å². The molecule has 1 aliphatic heterocycles. The average molecular weight is 359 g/mol. The summed E-state index contributed by atoms with van der Waals surface area (Å²) in [5.41, 5.74) is 6.20. The first-order valence-electron chi connectivity index (χ1n) is 9.64. The molecule has 0 N–H and O–H groups in total. The van der Waals surface area contributed by atoms with Gasteiger partial charge in [-0.15, -0.1) is 0 Å². The molecular formula is C23H25N3O. The molecule has 0 unspecified atom stereocenters. The molecule has 1 amide bonds. The standard InChI is InChI=1S/C23H25N3O/c1-17-6-8-19(9-7-17)23-20(26-15-12-18(2)16-21(26)24-23)10-11-22(27)25-13-4-3-5-14-25/h6-12,15-16H,3-5,13-14H2,1-2H3/b11-10+. The molecule has 4 nitrogen and oxygen atoms in total. The van der Waals surface area contributed by atoms with E-state index < -0.39 is 0 Å². The van der Waals surface area contributed by atoms with Crippen molar-refractivity contribution in [2.75, 3.05) is 13.1 Å². The normalized spacial score (nSPS) is 15.0. The van der Waals surface area contributed by atoms with Crippen molar-refractivity contribution in [3.63, 3.8) is 0 Å². The molecule has 0 aliphatic carbocycles. The Morgan fingerprint density at radius 2 is 1.74 bits per heavy atom. The summed E-state index contributed by atoms with van der Waals surface area (Å²) >= 11 is 0. The first kappa shape index (κ1) is 17.5. The number of carbonyl (C=O) groups is 1.